The smallest absolute Gasteiger partial charge is 0.243 e. The molecule has 0 saturated heterocycles. The van der Waals surface area contributed by atoms with Gasteiger partial charge in [-0.1, -0.05) is 0 Å². The molecule has 0 saturated carbocycles. The average Bonchev–Trinajstić information content (AvgIpc) is 2.87. The zero-order valence-electron chi connectivity index (χ0n) is 13.4. The summed E-state index contributed by atoms with van der Waals surface area (Å²) in [6.07, 6.45) is 3.25. The highest BCUT2D eigenvalue weighted by molar-refractivity contribution is 7.11. The Morgan fingerprint density at radius 1 is 1.35 bits per heavy atom. The maximum Gasteiger partial charge on any atom is 0.243 e. The van der Waals surface area contributed by atoms with Crippen LogP contribution in [0.2, 0.25) is 0 Å². The SMILES string of the molecule is CN=C(NCC(=O)Nc1cccnc1)NCc1nc(C)c(C)s1. The molecule has 1 amide bonds. The molecule has 23 heavy (non-hydrogen) atoms. The lowest BCUT2D eigenvalue weighted by Crippen LogP contribution is -2.41. The fourth-order valence-electron chi connectivity index (χ4n) is 1.80. The quantitative estimate of drug-likeness (QED) is 0.569. The number of nitrogens with zero attached hydrogens (tertiary/aromatic N) is 3. The predicted octanol–water partition coefficient (Wildman–Crippen LogP) is 1.46. The third-order valence-corrected chi connectivity index (χ3v) is 4.14. The molecular weight excluding hydrogens is 312 g/mol. The van der Waals surface area contributed by atoms with Crippen LogP contribution in [0, 0.1) is 13.8 Å². The van der Waals surface area contributed by atoms with E-state index in [1.54, 1.807) is 42.9 Å². The number of amides is 1. The van der Waals surface area contributed by atoms with Crippen LogP contribution in [0.5, 0.6) is 0 Å². The fourth-order valence-corrected chi connectivity index (χ4v) is 2.67. The van der Waals surface area contributed by atoms with Gasteiger partial charge in [0.1, 0.15) is 5.01 Å². The Morgan fingerprint density at radius 3 is 2.78 bits per heavy atom. The van der Waals surface area contributed by atoms with Gasteiger partial charge in [-0.25, -0.2) is 4.98 Å². The predicted molar refractivity (Wildman–Crippen MR) is 92.7 cm³/mol. The van der Waals surface area contributed by atoms with Crippen LogP contribution >= 0.6 is 11.3 Å². The molecule has 2 heterocycles. The van der Waals surface area contributed by atoms with Gasteiger partial charge in [-0.15, -0.1) is 11.3 Å². The van der Waals surface area contributed by atoms with Crippen LogP contribution in [0.1, 0.15) is 15.6 Å². The van der Waals surface area contributed by atoms with Crippen LogP contribution in [-0.4, -0.2) is 35.4 Å². The second kappa shape index (κ2) is 8.23. The lowest BCUT2D eigenvalue weighted by atomic mass is 10.4. The molecule has 2 rings (SSSR count). The number of nitrogens with one attached hydrogen (secondary N) is 3. The Labute approximate surface area is 139 Å². The first kappa shape index (κ1) is 16.9. The standard InChI is InChI=1S/C15H20N6OS/c1-10-11(2)23-14(20-10)9-19-15(16-3)18-8-13(22)21-12-5-4-6-17-7-12/h4-7H,8-9H2,1-3H3,(H,21,22)(H2,16,18,19). The van der Waals surface area contributed by atoms with Crippen LogP contribution in [0.3, 0.4) is 0 Å². The number of pyridine rings is 1. The second-order valence-corrected chi connectivity index (χ2v) is 6.11. The van der Waals surface area contributed by atoms with Crippen LogP contribution < -0.4 is 16.0 Å². The monoisotopic (exact) mass is 332 g/mol. The molecule has 0 bridgehead atoms. The second-order valence-electron chi connectivity index (χ2n) is 4.82. The first-order chi connectivity index (χ1) is 11.1. The van der Waals surface area contributed by atoms with Crippen LogP contribution in [0.25, 0.3) is 0 Å². The van der Waals surface area contributed by atoms with E-state index in [0.717, 1.165) is 10.7 Å². The van der Waals surface area contributed by atoms with E-state index in [1.165, 1.54) is 4.88 Å². The minimum Gasteiger partial charge on any atom is -0.350 e. The van der Waals surface area contributed by atoms with E-state index in [1.807, 2.05) is 13.8 Å². The number of carbonyl (C=O) groups is 1. The molecule has 3 N–H and O–H groups in total. The number of thiazole rings is 1. The molecule has 7 nitrogen and oxygen atoms in total. The van der Waals surface area contributed by atoms with Gasteiger partial charge in [-0.2, -0.15) is 0 Å². The number of anilines is 1. The van der Waals surface area contributed by atoms with Gasteiger partial charge < -0.3 is 16.0 Å². The molecule has 0 spiro atoms. The third-order valence-electron chi connectivity index (χ3n) is 3.07. The maximum absolute atomic E-state index is 11.9. The van der Waals surface area contributed by atoms with Gasteiger partial charge in [-0.3, -0.25) is 14.8 Å². The van der Waals surface area contributed by atoms with E-state index >= 15 is 0 Å². The first-order valence-electron chi connectivity index (χ1n) is 7.16. The van der Waals surface area contributed by atoms with Gasteiger partial charge in [0.15, 0.2) is 5.96 Å². The van der Waals surface area contributed by atoms with Crippen LogP contribution in [0.15, 0.2) is 29.5 Å². The lowest BCUT2D eigenvalue weighted by molar-refractivity contribution is -0.115. The molecular formula is C15H20N6OS. The molecule has 0 unspecified atom stereocenters. The molecule has 0 atom stereocenters. The number of carbonyl (C=O) groups excluding carboxylic acids is 1. The van der Waals surface area contributed by atoms with E-state index in [-0.39, 0.29) is 12.5 Å². The summed E-state index contributed by atoms with van der Waals surface area (Å²) in [6.45, 7) is 4.73. The third kappa shape index (κ3) is 5.33. The van der Waals surface area contributed by atoms with Crippen molar-refractivity contribution in [3.05, 3.63) is 40.1 Å². The number of aryl methyl sites for hydroxylation is 2. The van der Waals surface area contributed by atoms with Crippen molar-refractivity contribution < 1.29 is 4.79 Å². The zero-order chi connectivity index (χ0) is 16.7. The minimum absolute atomic E-state index is 0.116. The summed E-state index contributed by atoms with van der Waals surface area (Å²) in [6, 6.07) is 3.55. The molecule has 0 aliphatic rings. The summed E-state index contributed by atoms with van der Waals surface area (Å²) < 4.78 is 0. The normalized spacial score (nSPS) is 11.2. The van der Waals surface area contributed by atoms with Gasteiger partial charge in [0, 0.05) is 18.1 Å². The molecule has 8 heteroatoms. The molecule has 0 fully saturated rings. The Kier molecular flexibility index (Phi) is 6.04. The molecule has 0 aliphatic carbocycles. The van der Waals surface area contributed by atoms with Gasteiger partial charge in [0.05, 0.1) is 30.7 Å². The molecule has 2 aromatic rings. The first-order valence-corrected chi connectivity index (χ1v) is 7.97. The minimum atomic E-state index is -0.165. The number of rotatable bonds is 5. The van der Waals surface area contributed by atoms with E-state index in [9.17, 15) is 4.79 Å². The van der Waals surface area contributed by atoms with Crippen LogP contribution in [-0.2, 0) is 11.3 Å². The Hall–Kier alpha value is -2.48. The number of aliphatic imine (C=N–C) groups is 1. The molecule has 0 radical (unpaired) electrons. The highest BCUT2D eigenvalue weighted by Crippen LogP contribution is 2.15. The molecule has 2 aromatic heterocycles. The summed E-state index contributed by atoms with van der Waals surface area (Å²) in [5, 5.41) is 9.84. The maximum atomic E-state index is 11.9. The van der Waals surface area contributed by atoms with Crippen molar-refractivity contribution in [3.63, 3.8) is 0 Å². The summed E-state index contributed by atoms with van der Waals surface area (Å²) in [5.74, 6) is 0.388. The lowest BCUT2D eigenvalue weighted by Gasteiger charge is -2.11. The summed E-state index contributed by atoms with van der Waals surface area (Å²) >= 11 is 1.65. The molecule has 122 valence electrons. The zero-order valence-corrected chi connectivity index (χ0v) is 14.2. The van der Waals surface area contributed by atoms with E-state index < -0.39 is 0 Å². The summed E-state index contributed by atoms with van der Waals surface area (Å²) in [4.78, 5) is 25.6. The van der Waals surface area contributed by atoms with Gasteiger partial charge in [-0.05, 0) is 26.0 Å². The highest BCUT2D eigenvalue weighted by Gasteiger charge is 2.07. The van der Waals surface area contributed by atoms with E-state index in [4.69, 9.17) is 0 Å². The van der Waals surface area contributed by atoms with E-state index in [2.05, 4.69) is 30.9 Å². The van der Waals surface area contributed by atoms with Gasteiger partial charge >= 0.3 is 0 Å². The van der Waals surface area contributed by atoms with Crippen molar-refractivity contribution in [2.24, 2.45) is 4.99 Å². The van der Waals surface area contributed by atoms with Crippen molar-refractivity contribution in [1.29, 1.82) is 0 Å². The van der Waals surface area contributed by atoms with Crippen molar-refractivity contribution in [2.45, 2.75) is 20.4 Å². The fraction of sp³-hybridized carbons (Fsp3) is 0.333. The van der Waals surface area contributed by atoms with Gasteiger partial charge in [0.2, 0.25) is 5.91 Å². The molecule has 0 aromatic carbocycles. The van der Waals surface area contributed by atoms with Gasteiger partial charge in [0.25, 0.3) is 0 Å². The number of guanidine groups is 1. The van der Waals surface area contributed by atoms with Crippen molar-refractivity contribution in [3.8, 4) is 0 Å². The van der Waals surface area contributed by atoms with Crippen molar-refractivity contribution in [1.82, 2.24) is 20.6 Å². The summed E-state index contributed by atoms with van der Waals surface area (Å²) in [7, 11) is 1.66. The van der Waals surface area contributed by atoms with Crippen LogP contribution in [0.4, 0.5) is 5.69 Å². The highest BCUT2D eigenvalue weighted by atomic mass is 32.1. The average molecular weight is 332 g/mol. The Balaban J connectivity index is 1.77. The topological polar surface area (TPSA) is 91.3 Å². The Bertz CT molecular complexity index is 663. The number of hydrogen-bond acceptors (Lipinski definition) is 5. The molecule has 0 aliphatic heterocycles. The van der Waals surface area contributed by atoms with E-state index in [0.29, 0.717) is 18.2 Å². The van der Waals surface area contributed by atoms with Crippen molar-refractivity contribution >= 4 is 28.9 Å². The largest absolute Gasteiger partial charge is 0.350 e. The number of hydrogen-bond donors (Lipinski definition) is 3. The number of aromatic nitrogens is 2. The summed E-state index contributed by atoms with van der Waals surface area (Å²) in [5.41, 5.74) is 1.71. The Morgan fingerprint density at radius 2 is 2.17 bits per heavy atom. The van der Waals surface area contributed by atoms with Crippen molar-refractivity contribution in [2.75, 3.05) is 18.9 Å².